The molecule has 0 radical (unpaired) electrons. The summed E-state index contributed by atoms with van der Waals surface area (Å²) in [6.45, 7) is 3.74. The first-order valence-corrected chi connectivity index (χ1v) is 12.1. The molecule has 2 saturated heterocycles. The third-order valence-corrected chi connectivity index (χ3v) is 6.98. The lowest BCUT2D eigenvalue weighted by Gasteiger charge is -2.37. The second-order valence-corrected chi connectivity index (χ2v) is 9.42. The molecule has 10 heteroatoms. The Morgan fingerprint density at radius 1 is 0.914 bits per heavy atom. The molecule has 0 aliphatic carbocycles. The molecule has 4 aromatic heterocycles. The van der Waals surface area contributed by atoms with Gasteiger partial charge in [0, 0.05) is 37.6 Å². The molecule has 0 atom stereocenters. The molecule has 2 fully saturated rings. The van der Waals surface area contributed by atoms with Gasteiger partial charge in [0.25, 0.3) is 0 Å². The van der Waals surface area contributed by atoms with Crippen molar-refractivity contribution in [1.82, 2.24) is 35.1 Å². The van der Waals surface area contributed by atoms with E-state index < -0.39 is 0 Å². The molecule has 5 aromatic rings. The van der Waals surface area contributed by atoms with E-state index in [1.54, 1.807) is 18.6 Å². The van der Waals surface area contributed by atoms with Gasteiger partial charge >= 0.3 is 0 Å². The van der Waals surface area contributed by atoms with Crippen molar-refractivity contribution < 1.29 is 0 Å². The van der Waals surface area contributed by atoms with E-state index >= 15 is 0 Å². The van der Waals surface area contributed by atoms with Crippen molar-refractivity contribution in [3.8, 4) is 22.9 Å². The molecule has 176 valence electrons. The van der Waals surface area contributed by atoms with Gasteiger partial charge in [-0.15, -0.1) is 0 Å². The molecule has 0 amide bonds. The zero-order valence-corrected chi connectivity index (χ0v) is 19.3. The zero-order valence-electron chi connectivity index (χ0n) is 19.3. The molecule has 0 unspecified atom stereocenters. The second-order valence-electron chi connectivity index (χ2n) is 9.42. The van der Waals surface area contributed by atoms with Crippen LogP contribution in [0.1, 0.15) is 19.3 Å². The molecule has 0 spiro atoms. The minimum atomic E-state index is 0.197. The number of nitrogens with zero attached hydrogens (tertiary/aromatic N) is 7. The SMILES string of the molecule is NC1CN(c2cncc(-c3cc4c(-c5nc6c(N7CCCCC7)cccc6[nH]5)n[nH]c4cn3)n2)C1. The fourth-order valence-corrected chi connectivity index (χ4v) is 5.09. The van der Waals surface area contributed by atoms with Crippen molar-refractivity contribution in [3.63, 3.8) is 0 Å². The second kappa shape index (κ2) is 8.02. The van der Waals surface area contributed by atoms with Crippen LogP contribution in [-0.4, -0.2) is 67.3 Å². The summed E-state index contributed by atoms with van der Waals surface area (Å²) < 4.78 is 0. The lowest BCUT2D eigenvalue weighted by Crippen LogP contribution is -2.56. The summed E-state index contributed by atoms with van der Waals surface area (Å²) >= 11 is 0. The summed E-state index contributed by atoms with van der Waals surface area (Å²) in [5.41, 5.74) is 12.2. The number of anilines is 2. The Bertz CT molecular complexity index is 1520. The average molecular weight is 467 g/mol. The van der Waals surface area contributed by atoms with E-state index in [1.165, 1.54) is 24.9 Å². The quantitative estimate of drug-likeness (QED) is 0.369. The van der Waals surface area contributed by atoms with E-state index in [4.69, 9.17) is 15.7 Å². The van der Waals surface area contributed by atoms with Crippen LogP contribution in [0.5, 0.6) is 0 Å². The summed E-state index contributed by atoms with van der Waals surface area (Å²) in [7, 11) is 0. The van der Waals surface area contributed by atoms with Gasteiger partial charge in [0.1, 0.15) is 22.7 Å². The van der Waals surface area contributed by atoms with Crippen LogP contribution >= 0.6 is 0 Å². The predicted octanol–water partition coefficient (Wildman–Crippen LogP) is 3.10. The third-order valence-electron chi connectivity index (χ3n) is 6.98. The van der Waals surface area contributed by atoms with Gasteiger partial charge in [-0.2, -0.15) is 5.10 Å². The Morgan fingerprint density at radius 2 is 1.80 bits per heavy atom. The summed E-state index contributed by atoms with van der Waals surface area (Å²) in [6, 6.07) is 8.53. The van der Waals surface area contributed by atoms with Gasteiger partial charge in [-0.1, -0.05) is 6.07 Å². The van der Waals surface area contributed by atoms with E-state index in [1.807, 2.05) is 6.07 Å². The molecule has 0 saturated carbocycles. The van der Waals surface area contributed by atoms with Crippen molar-refractivity contribution in [1.29, 1.82) is 0 Å². The van der Waals surface area contributed by atoms with E-state index in [-0.39, 0.29) is 6.04 Å². The highest BCUT2D eigenvalue weighted by Crippen LogP contribution is 2.32. The lowest BCUT2D eigenvalue weighted by atomic mass is 10.1. The molecule has 0 bridgehead atoms. The number of piperidine rings is 1. The van der Waals surface area contributed by atoms with Crippen molar-refractivity contribution in [2.75, 3.05) is 36.0 Å². The fourth-order valence-electron chi connectivity index (χ4n) is 5.09. The van der Waals surface area contributed by atoms with Gasteiger partial charge in [-0.25, -0.2) is 9.97 Å². The van der Waals surface area contributed by atoms with E-state index in [0.717, 1.165) is 71.1 Å². The van der Waals surface area contributed by atoms with Crippen LogP contribution in [0.2, 0.25) is 0 Å². The minimum Gasteiger partial charge on any atom is -0.370 e. The summed E-state index contributed by atoms with van der Waals surface area (Å²) in [6.07, 6.45) is 9.04. The molecule has 7 rings (SSSR count). The Balaban J connectivity index is 1.28. The van der Waals surface area contributed by atoms with Crippen molar-refractivity contribution >= 4 is 33.4 Å². The van der Waals surface area contributed by atoms with E-state index in [2.05, 4.69) is 53.1 Å². The number of aromatic nitrogens is 7. The van der Waals surface area contributed by atoms with Crippen LogP contribution in [0.3, 0.4) is 0 Å². The molecule has 2 aliphatic rings. The van der Waals surface area contributed by atoms with Gasteiger partial charge in [-0.05, 0) is 37.5 Å². The van der Waals surface area contributed by atoms with Crippen LogP contribution < -0.4 is 15.5 Å². The standard InChI is InChI=1S/C25H26N10/c26-15-13-35(14-15)22-12-27-10-20(29-22)18-9-16-19(11-28-18)32-33-23(16)25-30-17-5-4-6-21(24(17)31-25)34-7-2-1-3-8-34/h4-6,9-12,15H,1-3,7-8,13-14,26H2,(H,30,31)(H,32,33). The van der Waals surface area contributed by atoms with Gasteiger partial charge in [0.2, 0.25) is 0 Å². The number of rotatable bonds is 4. The Hall–Kier alpha value is -4.05. The Labute approximate surface area is 201 Å². The van der Waals surface area contributed by atoms with Crippen LogP contribution in [0.15, 0.2) is 42.9 Å². The van der Waals surface area contributed by atoms with Crippen LogP contribution in [0.4, 0.5) is 11.5 Å². The molecule has 6 heterocycles. The van der Waals surface area contributed by atoms with Crippen molar-refractivity contribution in [2.45, 2.75) is 25.3 Å². The van der Waals surface area contributed by atoms with Crippen LogP contribution in [0, 0.1) is 0 Å². The number of benzene rings is 1. The topological polar surface area (TPSA) is 129 Å². The minimum absolute atomic E-state index is 0.197. The number of hydrogen-bond acceptors (Lipinski definition) is 8. The Kier molecular flexibility index (Phi) is 4.66. The van der Waals surface area contributed by atoms with Gasteiger partial charge < -0.3 is 20.5 Å². The number of para-hydroxylation sites is 1. The maximum Gasteiger partial charge on any atom is 0.159 e. The van der Waals surface area contributed by atoms with Crippen LogP contribution in [0.25, 0.3) is 44.8 Å². The fraction of sp³-hybridized carbons (Fsp3) is 0.320. The maximum atomic E-state index is 5.93. The highest BCUT2D eigenvalue weighted by atomic mass is 15.3. The number of hydrogen-bond donors (Lipinski definition) is 3. The zero-order chi connectivity index (χ0) is 23.4. The van der Waals surface area contributed by atoms with Crippen molar-refractivity contribution in [2.24, 2.45) is 5.73 Å². The number of H-pyrrole nitrogens is 2. The number of nitrogens with one attached hydrogen (secondary N) is 2. The van der Waals surface area contributed by atoms with E-state index in [0.29, 0.717) is 5.69 Å². The number of fused-ring (bicyclic) bond motifs is 2. The summed E-state index contributed by atoms with van der Waals surface area (Å²) in [4.78, 5) is 26.8. The molecule has 1 aromatic carbocycles. The predicted molar refractivity (Wildman–Crippen MR) is 136 cm³/mol. The maximum absolute atomic E-state index is 5.93. The molecular weight excluding hydrogens is 440 g/mol. The van der Waals surface area contributed by atoms with E-state index in [9.17, 15) is 0 Å². The van der Waals surface area contributed by atoms with Gasteiger partial charge in [0.15, 0.2) is 5.82 Å². The Morgan fingerprint density at radius 3 is 2.66 bits per heavy atom. The third kappa shape index (κ3) is 3.48. The molecule has 10 nitrogen and oxygen atoms in total. The first-order chi connectivity index (χ1) is 17.2. The molecule has 2 aliphatic heterocycles. The average Bonchev–Trinajstić information content (AvgIpc) is 3.51. The van der Waals surface area contributed by atoms with Gasteiger partial charge in [-0.3, -0.25) is 15.1 Å². The number of imidazole rings is 1. The number of pyridine rings is 1. The normalized spacial score (nSPS) is 16.8. The number of aromatic amines is 2. The first-order valence-electron chi connectivity index (χ1n) is 12.1. The largest absolute Gasteiger partial charge is 0.370 e. The summed E-state index contributed by atoms with van der Waals surface area (Å²) in [5, 5.41) is 8.62. The molecule has 4 N–H and O–H groups in total. The summed E-state index contributed by atoms with van der Waals surface area (Å²) in [5.74, 6) is 1.56. The lowest BCUT2D eigenvalue weighted by molar-refractivity contribution is 0.514. The van der Waals surface area contributed by atoms with Crippen molar-refractivity contribution in [3.05, 3.63) is 42.9 Å². The highest BCUT2D eigenvalue weighted by molar-refractivity contribution is 5.96. The van der Waals surface area contributed by atoms with Gasteiger partial charge in [0.05, 0.1) is 41.0 Å². The molecular formula is C25H26N10. The smallest absolute Gasteiger partial charge is 0.159 e. The highest BCUT2D eigenvalue weighted by Gasteiger charge is 2.25. The molecule has 35 heavy (non-hydrogen) atoms. The first kappa shape index (κ1) is 20.3. The van der Waals surface area contributed by atoms with Crippen LogP contribution in [-0.2, 0) is 0 Å². The number of nitrogens with two attached hydrogens (primary N) is 1. The monoisotopic (exact) mass is 466 g/mol.